The first-order valence-corrected chi connectivity index (χ1v) is 6.24. The van der Waals surface area contributed by atoms with Crippen LogP contribution in [0.15, 0.2) is 24.3 Å². The van der Waals surface area contributed by atoms with Crippen molar-refractivity contribution in [1.29, 1.82) is 0 Å². The number of terminal acetylenes is 1. The Morgan fingerprint density at radius 3 is 2.68 bits per heavy atom. The number of nitrogens with one attached hydrogen (secondary N) is 1. The Balaban J connectivity index is 2.29. The summed E-state index contributed by atoms with van der Waals surface area (Å²) in [6.07, 6.45) is 7.35. The Hall–Kier alpha value is -2.06. The summed E-state index contributed by atoms with van der Waals surface area (Å²) in [4.78, 5) is 10.0. The number of nitro benzene ring substituents is 1. The Bertz CT molecular complexity index is 437. The molecule has 1 atom stereocenters. The molecule has 1 rings (SSSR count). The van der Waals surface area contributed by atoms with Gasteiger partial charge in [0.05, 0.1) is 11.0 Å². The van der Waals surface area contributed by atoms with Gasteiger partial charge in [0, 0.05) is 18.7 Å². The molecule has 0 saturated carbocycles. The molecule has 5 nitrogen and oxygen atoms in total. The Morgan fingerprint density at radius 1 is 1.47 bits per heavy atom. The molecule has 0 aliphatic heterocycles. The zero-order valence-corrected chi connectivity index (χ0v) is 11.0. The number of nitro groups is 1. The minimum Gasteiger partial charge on any atom is -0.492 e. The summed E-state index contributed by atoms with van der Waals surface area (Å²) in [5, 5.41) is 13.7. The van der Waals surface area contributed by atoms with E-state index in [1.165, 1.54) is 12.1 Å². The first-order valence-electron chi connectivity index (χ1n) is 6.24. The van der Waals surface area contributed by atoms with Crippen molar-refractivity contribution >= 4 is 5.69 Å². The van der Waals surface area contributed by atoms with Gasteiger partial charge in [-0.25, -0.2) is 0 Å². The normalized spacial score (nSPS) is 11.6. The van der Waals surface area contributed by atoms with Crippen LogP contribution in [0, 0.1) is 22.5 Å². The molecule has 0 bridgehead atoms. The maximum absolute atomic E-state index is 10.5. The van der Waals surface area contributed by atoms with Crippen LogP contribution in [0.1, 0.15) is 19.8 Å². The van der Waals surface area contributed by atoms with E-state index in [9.17, 15) is 10.1 Å². The van der Waals surface area contributed by atoms with Gasteiger partial charge < -0.3 is 10.1 Å². The van der Waals surface area contributed by atoms with E-state index >= 15 is 0 Å². The van der Waals surface area contributed by atoms with Gasteiger partial charge >= 0.3 is 0 Å². The zero-order chi connectivity index (χ0) is 14.1. The molecule has 0 amide bonds. The van der Waals surface area contributed by atoms with E-state index in [2.05, 4.69) is 18.2 Å². The minimum atomic E-state index is -0.437. The highest BCUT2D eigenvalue weighted by Crippen LogP contribution is 2.16. The van der Waals surface area contributed by atoms with E-state index in [1.807, 2.05) is 0 Å². The fourth-order valence-corrected chi connectivity index (χ4v) is 1.60. The van der Waals surface area contributed by atoms with Crippen LogP contribution in [0.5, 0.6) is 5.75 Å². The average Bonchev–Trinajstić information content (AvgIpc) is 2.42. The van der Waals surface area contributed by atoms with Crippen molar-refractivity contribution in [3.05, 3.63) is 34.4 Å². The van der Waals surface area contributed by atoms with Crippen LogP contribution in [0.25, 0.3) is 0 Å². The molecular weight excluding hydrogens is 244 g/mol. The predicted octanol–water partition coefficient (Wildman–Crippen LogP) is 2.37. The second-order valence-electron chi connectivity index (χ2n) is 4.06. The first kappa shape index (κ1) is 15.0. The molecule has 102 valence electrons. The third-order valence-corrected chi connectivity index (χ3v) is 2.59. The molecule has 0 radical (unpaired) electrons. The molecule has 1 aromatic carbocycles. The number of rotatable bonds is 8. The van der Waals surface area contributed by atoms with E-state index in [0.29, 0.717) is 18.9 Å². The van der Waals surface area contributed by atoms with E-state index in [4.69, 9.17) is 11.2 Å². The smallest absolute Gasteiger partial charge is 0.269 e. The van der Waals surface area contributed by atoms with Crippen LogP contribution < -0.4 is 10.1 Å². The van der Waals surface area contributed by atoms with Gasteiger partial charge in [-0.2, -0.15) is 0 Å². The Labute approximate surface area is 113 Å². The highest BCUT2D eigenvalue weighted by molar-refractivity contribution is 5.35. The van der Waals surface area contributed by atoms with Gasteiger partial charge in [0.1, 0.15) is 12.4 Å². The van der Waals surface area contributed by atoms with Crippen molar-refractivity contribution in [3.63, 3.8) is 0 Å². The molecule has 0 fully saturated rings. The molecule has 0 saturated heterocycles. The van der Waals surface area contributed by atoms with Gasteiger partial charge in [-0.1, -0.05) is 19.3 Å². The molecule has 0 aromatic heterocycles. The lowest BCUT2D eigenvalue weighted by molar-refractivity contribution is -0.384. The average molecular weight is 262 g/mol. The Morgan fingerprint density at radius 2 is 2.16 bits per heavy atom. The number of non-ortho nitro benzene ring substituents is 1. The molecule has 0 heterocycles. The number of ether oxygens (including phenoxy) is 1. The Kier molecular flexibility index (Phi) is 6.41. The van der Waals surface area contributed by atoms with Gasteiger partial charge in [0.15, 0.2) is 0 Å². The molecule has 19 heavy (non-hydrogen) atoms. The van der Waals surface area contributed by atoms with Gasteiger partial charge in [-0.05, 0) is 18.6 Å². The van der Waals surface area contributed by atoms with Crippen molar-refractivity contribution in [2.75, 3.05) is 13.2 Å². The maximum Gasteiger partial charge on any atom is 0.269 e. The van der Waals surface area contributed by atoms with E-state index < -0.39 is 4.92 Å². The van der Waals surface area contributed by atoms with Gasteiger partial charge in [0.2, 0.25) is 0 Å². The number of hydrogen-bond acceptors (Lipinski definition) is 4. The summed E-state index contributed by atoms with van der Waals surface area (Å²) < 4.78 is 5.46. The highest BCUT2D eigenvalue weighted by atomic mass is 16.6. The summed E-state index contributed by atoms with van der Waals surface area (Å²) >= 11 is 0. The van der Waals surface area contributed by atoms with Crippen molar-refractivity contribution in [2.45, 2.75) is 25.8 Å². The minimum absolute atomic E-state index is 0.0563. The summed E-state index contributed by atoms with van der Waals surface area (Å²) in [7, 11) is 0. The van der Waals surface area contributed by atoms with Crippen molar-refractivity contribution in [2.24, 2.45) is 0 Å². The van der Waals surface area contributed by atoms with Gasteiger partial charge in [-0.3, -0.25) is 10.1 Å². The first-order chi connectivity index (χ1) is 9.17. The summed E-state index contributed by atoms with van der Waals surface area (Å²) in [5.74, 6) is 3.29. The second kappa shape index (κ2) is 8.11. The lowest BCUT2D eigenvalue weighted by Gasteiger charge is -2.12. The number of nitrogens with zero attached hydrogens (tertiary/aromatic N) is 1. The SMILES string of the molecule is C#CC(CCC)NCCOc1ccc([N+](=O)[O-])cc1. The van der Waals surface area contributed by atoms with Crippen molar-refractivity contribution < 1.29 is 9.66 Å². The lowest BCUT2D eigenvalue weighted by Crippen LogP contribution is -2.31. The fourth-order valence-electron chi connectivity index (χ4n) is 1.60. The third kappa shape index (κ3) is 5.40. The van der Waals surface area contributed by atoms with E-state index in [0.717, 1.165) is 12.8 Å². The third-order valence-electron chi connectivity index (χ3n) is 2.59. The largest absolute Gasteiger partial charge is 0.492 e. The van der Waals surface area contributed by atoms with Crippen molar-refractivity contribution in [3.8, 4) is 18.1 Å². The summed E-state index contributed by atoms with van der Waals surface area (Å²) in [5.41, 5.74) is 0.0563. The zero-order valence-electron chi connectivity index (χ0n) is 11.0. The van der Waals surface area contributed by atoms with Crippen LogP contribution in [0.3, 0.4) is 0 Å². The standard InChI is InChI=1S/C14H18N2O3/c1-3-5-12(4-2)15-10-11-19-14-8-6-13(7-9-14)16(17)18/h2,6-9,12,15H,3,5,10-11H2,1H3. The van der Waals surface area contributed by atoms with Crippen LogP contribution in [-0.4, -0.2) is 24.1 Å². The van der Waals surface area contributed by atoms with E-state index in [1.54, 1.807) is 12.1 Å². The molecule has 0 aliphatic carbocycles. The summed E-state index contributed by atoms with van der Waals surface area (Å²) in [6.45, 7) is 3.20. The van der Waals surface area contributed by atoms with Crippen LogP contribution >= 0.6 is 0 Å². The molecule has 5 heteroatoms. The van der Waals surface area contributed by atoms with E-state index in [-0.39, 0.29) is 11.7 Å². The van der Waals surface area contributed by atoms with Crippen molar-refractivity contribution in [1.82, 2.24) is 5.32 Å². The monoisotopic (exact) mass is 262 g/mol. The quantitative estimate of drug-likeness (QED) is 0.338. The molecule has 1 aromatic rings. The fraction of sp³-hybridized carbons (Fsp3) is 0.429. The molecular formula is C14H18N2O3. The van der Waals surface area contributed by atoms with Crippen LogP contribution in [-0.2, 0) is 0 Å². The highest BCUT2D eigenvalue weighted by Gasteiger charge is 2.05. The van der Waals surface area contributed by atoms with Crippen LogP contribution in [0.4, 0.5) is 5.69 Å². The molecule has 0 spiro atoms. The second-order valence-corrected chi connectivity index (χ2v) is 4.06. The number of hydrogen-bond donors (Lipinski definition) is 1. The molecule has 1 N–H and O–H groups in total. The van der Waals surface area contributed by atoms with Crippen LogP contribution in [0.2, 0.25) is 0 Å². The molecule has 0 aliphatic rings. The topological polar surface area (TPSA) is 64.4 Å². The predicted molar refractivity (Wildman–Crippen MR) is 74.1 cm³/mol. The lowest BCUT2D eigenvalue weighted by atomic mass is 10.2. The summed E-state index contributed by atoms with van der Waals surface area (Å²) in [6, 6.07) is 6.09. The molecule has 1 unspecified atom stereocenters. The maximum atomic E-state index is 10.5. The van der Waals surface area contributed by atoms with Gasteiger partial charge in [0.25, 0.3) is 5.69 Å². The number of benzene rings is 1. The van der Waals surface area contributed by atoms with Gasteiger partial charge in [-0.15, -0.1) is 6.42 Å².